The molecule has 2 aromatic carbocycles. The molecule has 0 unspecified atom stereocenters. The molecule has 0 saturated carbocycles. The van der Waals surface area contributed by atoms with E-state index in [4.69, 9.17) is 15.2 Å². The van der Waals surface area contributed by atoms with Crippen molar-refractivity contribution in [2.75, 3.05) is 14.2 Å². The van der Waals surface area contributed by atoms with Gasteiger partial charge in [-0.1, -0.05) is 24.3 Å². The Kier molecular flexibility index (Phi) is 5.45. The van der Waals surface area contributed by atoms with Crippen LogP contribution in [-0.4, -0.2) is 24.7 Å². The van der Waals surface area contributed by atoms with Crippen LogP contribution >= 0.6 is 0 Å². The van der Waals surface area contributed by atoms with Crippen LogP contribution in [-0.2, 0) is 6.54 Å². The van der Waals surface area contributed by atoms with E-state index in [2.05, 4.69) is 4.57 Å². The maximum absolute atomic E-state index is 12.3. The number of hydrogen-bond donors (Lipinski definition) is 1. The molecule has 28 heavy (non-hydrogen) atoms. The number of primary amides is 1. The summed E-state index contributed by atoms with van der Waals surface area (Å²) in [5.74, 6) is 1.20. The number of nitrogens with two attached hydrogens (primary N) is 1. The van der Waals surface area contributed by atoms with Crippen molar-refractivity contribution < 1.29 is 14.3 Å². The quantitative estimate of drug-likeness (QED) is 0.697. The summed E-state index contributed by atoms with van der Waals surface area (Å²) < 4.78 is 13.0. The van der Waals surface area contributed by atoms with Crippen molar-refractivity contribution in [3.05, 3.63) is 70.5 Å². The largest absolute Gasteiger partial charge is 0.496 e. The van der Waals surface area contributed by atoms with E-state index in [9.17, 15) is 4.79 Å². The van der Waals surface area contributed by atoms with Gasteiger partial charge in [-0.15, -0.1) is 0 Å². The highest BCUT2D eigenvalue weighted by Gasteiger charge is 2.23. The van der Waals surface area contributed by atoms with Crippen molar-refractivity contribution in [3.63, 3.8) is 0 Å². The molecule has 3 rings (SSSR count). The molecular weight excluding hydrogens is 352 g/mol. The topological polar surface area (TPSA) is 66.5 Å². The van der Waals surface area contributed by atoms with Crippen LogP contribution in [0.25, 0.3) is 11.1 Å². The third-order valence-corrected chi connectivity index (χ3v) is 5.23. The van der Waals surface area contributed by atoms with E-state index in [0.717, 1.165) is 45.1 Å². The maximum Gasteiger partial charge on any atom is 0.251 e. The van der Waals surface area contributed by atoms with Crippen molar-refractivity contribution in [3.8, 4) is 22.6 Å². The number of aromatic nitrogens is 1. The van der Waals surface area contributed by atoms with Crippen LogP contribution in [0.5, 0.6) is 11.5 Å². The van der Waals surface area contributed by atoms with Crippen LogP contribution in [0.15, 0.2) is 42.5 Å². The third kappa shape index (κ3) is 3.36. The van der Waals surface area contributed by atoms with Crippen molar-refractivity contribution in [2.24, 2.45) is 5.73 Å². The lowest BCUT2D eigenvalue weighted by Crippen LogP contribution is -2.13. The first kappa shape index (κ1) is 19.5. The van der Waals surface area contributed by atoms with Gasteiger partial charge in [-0.25, -0.2) is 0 Å². The highest BCUT2D eigenvalue weighted by atomic mass is 16.5. The minimum atomic E-state index is -0.428. The Hall–Kier alpha value is -3.21. The zero-order chi connectivity index (χ0) is 20.4. The Labute approximate surface area is 165 Å². The summed E-state index contributed by atoms with van der Waals surface area (Å²) in [6.45, 7) is 6.53. The molecule has 0 fully saturated rings. The first-order valence-corrected chi connectivity index (χ1v) is 9.15. The molecule has 5 nitrogen and oxygen atoms in total. The number of benzene rings is 2. The fourth-order valence-corrected chi connectivity index (χ4v) is 3.81. The number of carbonyl (C=O) groups excluding carboxylic acids is 1. The van der Waals surface area contributed by atoms with E-state index in [0.29, 0.717) is 12.1 Å². The molecule has 2 N–H and O–H groups in total. The Bertz CT molecular complexity index is 1030. The fourth-order valence-electron chi connectivity index (χ4n) is 3.81. The van der Waals surface area contributed by atoms with E-state index in [-0.39, 0.29) is 0 Å². The summed E-state index contributed by atoms with van der Waals surface area (Å²) in [4.78, 5) is 12.3. The van der Waals surface area contributed by atoms with Crippen LogP contribution in [0, 0.1) is 20.8 Å². The van der Waals surface area contributed by atoms with Crippen molar-refractivity contribution in [1.29, 1.82) is 0 Å². The minimum absolute atomic E-state index is 0.428. The molecule has 1 aromatic heterocycles. The number of aryl methyl sites for hydroxylation is 1. The molecule has 0 radical (unpaired) electrons. The Balaban J connectivity index is 2.18. The second-order valence-corrected chi connectivity index (χ2v) is 6.87. The predicted molar refractivity (Wildman–Crippen MR) is 111 cm³/mol. The summed E-state index contributed by atoms with van der Waals surface area (Å²) in [6, 6.07) is 13.8. The molecule has 0 aliphatic carbocycles. The Morgan fingerprint density at radius 2 is 1.64 bits per heavy atom. The van der Waals surface area contributed by atoms with E-state index in [1.165, 1.54) is 0 Å². The van der Waals surface area contributed by atoms with Crippen LogP contribution in [0.3, 0.4) is 0 Å². The molecule has 3 aromatic rings. The second-order valence-electron chi connectivity index (χ2n) is 6.87. The van der Waals surface area contributed by atoms with Crippen LogP contribution in [0.2, 0.25) is 0 Å². The summed E-state index contributed by atoms with van der Waals surface area (Å²) in [5, 5.41) is 0. The number of ether oxygens (including phenoxy) is 2. The van der Waals surface area contributed by atoms with E-state index in [1.54, 1.807) is 14.2 Å². The lowest BCUT2D eigenvalue weighted by atomic mass is 9.98. The number of amides is 1. The van der Waals surface area contributed by atoms with Crippen LogP contribution in [0.4, 0.5) is 0 Å². The summed E-state index contributed by atoms with van der Waals surface area (Å²) in [7, 11) is 3.31. The maximum atomic E-state index is 12.3. The number of nitrogens with zero attached hydrogens (tertiary/aromatic N) is 1. The van der Waals surface area contributed by atoms with E-state index in [1.807, 2.05) is 63.2 Å². The first-order valence-electron chi connectivity index (χ1n) is 9.15. The minimum Gasteiger partial charge on any atom is -0.496 e. The summed E-state index contributed by atoms with van der Waals surface area (Å²) in [5.41, 5.74) is 12.0. The standard InChI is InChI=1S/C23H26N2O3/c1-14-12-17(10-11-19(14)27-4)21-15(2)25(16(3)22(21)23(24)26)13-18-8-6-7-9-20(18)28-5/h6-12H,13H2,1-5H3,(H2,24,26). The number of carbonyl (C=O) groups is 1. The van der Waals surface area contributed by atoms with Gasteiger partial charge in [0.25, 0.3) is 5.91 Å². The van der Waals surface area contributed by atoms with Gasteiger partial charge in [-0.3, -0.25) is 4.79 Å². The number of para-hydroxylation sites is 1. The molecule has 146 valence electrons. The smallest absolute Gasteiger partial charge is 0.251 e. The van der Waals surface area contributed by atoms with Crippen molar-refractivity contribution in [2.45, 2.75) is 27.3 Å². The third-order valence-electron chi connectivity index (χ3n) is 5.23. The van der Waals surface area contributed by atoms with Crippen LogP contribution < -0.4 is 15.2 Å². The highest BCUT2D eigenvalue weighted by Crippen LogP contribution is 2.35. The average molecular weight is 378 g/mol. The molecule has 0 aliphatic heterocycles. The highest BCUT2D eigenvalue weighted by molar-refractivity contribution is 6.02. The van der Waals surface area contributed by atoms with E-state index >= 15 is 0 Å². The molecule has 0 spiro atoms. The van der Waals surface area contributed by atoms with Gasteiger partial charge in [0.15, 0.2) is 0 Å². The Morgan fingerprint density at radius 1 is 0.964 bits per heavy atom. The van der Waals surface area contributed by atoms with Gasteiger partial charge >= 0.3 is 0 Å². The molecule has 0 bridgehead atoms. The van der Waals surface area contributed by atoms with Gasteiger partial charge in [-0.2, -0.15) is 0 Å². The van der Waals surface area contributed by atoms with Gasteiger partial charge in [0.05, 0.1) is 26.3 Å². The molecule has 1 amide bonds. The molecular formula is C23H26N2O3. The summed E-state index contributed by atoms with van der Waals surface area (Å²) >= 11 is 0. The first-order chi connectivity index (χ1) is 13.4. The lowest BCUT2D eigenvalue weighted by molar-refractivity contribution is 0.1000. The van der Waals surface area contributed by atoms with Gasteiger partial charge in [0.2, 0.25) is 0 Å². The van der Waals surface area contributed by atoms with E-state index < -0.39 is 5.91 Å². The van der Waals surface area contributed by atoms with Gasteiger partial charge in [-0.05, 0) is 50.1 Å². The van der Waals surface area contributed by atoms with Crippen molar-refractivity contribution in [1.82, 2.24) is 4.57 Å². The van der Waals surface area contributed by atoms with Gasteiger partial charge in [0, 0.05) is 22.5 Å². The predicted octanol–water partition coefficient (Wildman–Crippen LogP) is 4.24. The van der Waals surface area contributed by atoms with Gasteiger partial charge < -0.3 is 19.8 Å². The zero-order valence-electron chi connectivity index (χ0n) is 17.0. The SMILES string of the molecule is COc1ccc(-c2c(C(N)=O)c(C)n(Cc3ccccc3OC)c2C)cc1C. The monoisotopic (exact) mass is 378 g/mol. The van der Waals surface area contributed by atoms with Gasteiger partial charge in [0.1, 0.15) is 11.5 Å². The average Bonchev–Trinajstić information content (AvgIpc) is 2.93. The van der Waals surface area contributed by atoms with Crippen molar-refractivity contribution >= 4 is 5.91 Å². The number of hydrogen-bond acceptors (Lipinski definition) is 3. The molecule has 1 heterocycles. The number of methoxy groups -OCH3 is 2. The normalized spacial score (nSPS) is 10.8. The molecule has 0 atom stereocenters. The molecule has 5 heteroatoms. The zero-order valence-corrected chi connectivity index (χ0v) is 17.0. The fraction of sp³-hybridized carbons (Fsp3) is 0.261. The number of rotatable bonds is 6. The van der Waals surface area contributed by atoms with Crippen LogP contribution in [0.1, 0.15) is 32.9 Å². The Morgan fingerprint density at radius 3 is 2.25 bits per heavy atom. The molecule has 0 aliphatic rings. The lowest BCUT2D eigenvalue weighted by Gasteiger charge is -2.13. The second kappa shape index (κ2) is 7.80. The summed E-state index contributed by atoms with van der Waals surface area (Å²) in [6.07, 6.45) is 0. The molecule has 0 saturated heterocycles.